The molecule has 0 aromatic heterocycles. The van der Waals surface area contributed by atoms with Gasteiger partial charge in [0.1, 0.15) is 0 Å². The summed E-state index contributed by atoms with van der Waals surface area (Å²) in [5, 5.41) is 4.71. The van der Waals surface area contributed by atoms with Crippen LogP contribution in [0.3, 0.4) is 0 Å². The second-order valence-corrected chi connectivity index (χ2v) is 6.14. The van der Waals surface area contributed by atoms with Crippen LogP contribution in [-0.2, 0) is 6.42 Å². The molecule has 3 heteroatoms. The molecule has 21 heavy (non-hydrogen) atoms. The topological polar surface area (TPSA) is 12.0 Å². The Morgan fingerprint density at radius 2 is 1.76 bits per heavy atom. The van der Waals surface area contributed by atoms with Crippen molar-refractivity contribution in [2.45, 2.75) is 32.7 Å². The molecule has 112 valence electrons. The third kappa shape index (κ3) is 4.47. The summed E-state index contributed by atoms with van der Waals surface area (Å²) < 4.78 is 0. The highest BCUT2D eigenvalue weighted by atomic mass is 35.5. The second-order valence-electron chi connectivity index (χ2n) is 5.36. The molecule has 2 aromatic rings. The van der Waals surface area contributed by atoms with Gasteiger partial charge in [0.15, 0.2) is 0 Å². The second kappa shape index (κ2) is 7.84. The Labute approximate surface area is 137 Å². The Balaban J connectivity index is 2.10. The molecule has 0 aliphatic heterocycles. The zero-order chi connectivity index (χ0) is 15.2. The van der Waals surface area contributed by atoms with Crippen molar-refractivity contribution < 1.29 is 0 Å². The van der Waals surface area contributed by atoms with Gasteiger partial charge in [-0.05, 0) is 43.5 Å². The number of rotatable bonds is 6. The number of hydrogen-bond acceptors (Lipinski definition) is 1. The van der Waals surface area contributed by atoms with Crippen molar-refractivity contribution in [1.82, 2.24) is 5.32 Å². The van der Waals surface area contributed by atoms with Gasteiger partial charge in [-0.1, -0.05) is 66.5 Å². The van der Waals surface area contributed by atoms with E-state index in [0.717, 1.165) is 30.5 Å². The van der Waals surface area contributed by atoms with Crippen LogP contribution in [0.4, 0.5) is 0 Å². The van der Waals surface area contributed by atoms with Gasteiger partial charge in [-0.3, -0.25) is 0 Å². The summed E-state index contributed by atoms with van der Waals surface area (Å²) in [5.41, 5.74) is 3.40. The number of hydrogen-bond donors (Lipinski definition) is 1. The summed E-state index contributed by atoms with van der Waals surface area (Å²) in [6.45, 7) is 5.47. The molecule has 2 aromatic carbocycles. The van der Waals surface area contributed by atoms with Crippen LogP contribution >= 0.6 is 23.2 Å². The highest BCUT2D eigenvalue weighted by Crippen LogP contribution is 2.33. The Kier molecular flexibility index (Phi) is 6.10. The van der Waals surface area contributed by atoms with Crippen molar-refractivity contribution in [3.05, 3.63) is 58.1 Å². The summed E-state index contributed by atoms with van der Waals surface area (Å²) in [4.78, 5) is 0. The summed E-state index contributed by atoms with van der Waals surface area (Å²) >= 11 is 12.3. The molecule has 0 radical (unpaired) electrons. The molecule has 1 N–H and O–H groups in total. The van der Waals surface area contributed by atoms with Gasteiger partial charge in [-0.25, -0.2) is 0 Å². The molecule has 2 rings (SSSR count). The van der Waals surface area contributed by atoms with Gasteiger partial charge in [0.25, 0.3) is 0 Å². The fraction of sp³-hybridized carbons (Fsp3) is 0.333. The molecule has 0 saturated heterocycles. The normalized spacial score (nSPS) is 12.4. The fourth-order valence-electron chi connectivity index (χ4n) is 2.36. The Bertz CT molecular complexity index is 578. The molecule has 0 heterocycles. The molecular formula is C18H21Cl2N. The molecule has 1 atom stereocenters. The summed E-state index contributed by atoms with van der Waals surface area (Å²) in [6.07, 6.45) is 2.19. The zero-order valence-electron chi connectivity index (χ0n) is 12.5. The quantitative estimate of drug-likeness (QED) is 0.731. The molecule has 0 aliphatic rings. The van der Waals surface area contributed by atoms with E-state index in [0.29, 0.717) is 16.1 Å². The monoisotopic (exact) mass is 321 g/mol. The maximum atomic E-state index is 6.27. The van der Waals surface area contributed by atoms with Gasteiger partial charge in [0.2, 0.25) is 0 Å². The fourth-order valence-corrected chi connectivity index (χ4v) is 2.77. The Morgan fingerprint density at radius 3 is 2.43 bits per heavy atom. The smallest absolute Gasteiger partial charge is 0.0670 e. The molecule has 0 spiro atoms. The third-order valence-corrected chi connectivity index (χ3v) is 4.32. The van der Waals surface area contributed by atoms with E-state index in [9.17, 15) is 0 Å². The number of benzene rings is 2. The van der Waals surface area contributed by atoms with E-state index >= 15 is 0 Å². The first kappa shape index (κ1) is 16.4. The van der Waals surface area contributed by atoms with E-state index in [1.54, 1.807) is 0 Å². The van der Waals surface area contributed by atoms with Crippen LogP contribution in [0.2, 0.25) is 10.0 Å². The lowest BCUT2D eigenvalue weighted by molar-refractivity contribution is 0.543. The minimum atomic E-state index is 0.491. The van der Waals surface area contributed by atoms with Gasteiger partial charge in [0.05, 0.1) is 10.0 Å². The zero-order valence-corrected chi connectivity index (χ0v) is 14.0. The average molecular weight is 322 g/mol. The van der Waals surface area contributed by atoms with Crippen molar-refractivity contribution in [2.75, 3.05) is 6.54 Å². The molecule has 1 unspecified atom stereocenters. The number of nitrogens with one attached hydrogen (secondary N) is 1. The van der Waals surface area contributed by atoms with E-state index in [-0.39, 0.29) is 0 Å². The van der Waals surface area contributed by atoms with E-state index in [1.807, 2.05) is 18.2 Å². The molecule has 0 bridgehead atoms. The highest BCUT2D eigenvalue weighted by Gasteiger charge is 2.07. The first-order valence-electron chi connectivity index (χ1n) is 7.38. The van der Waals surface area contributed by atoms with Crippen LogP contribution in [0.25, 0.3) is 11.1 Å². The lowest BCUT2D eigenvalue weighted by Gasteiger charge is -2.13. The standard InChI is InChI=1S/C18H21Cl2N/c1-3-11-21-13(2)12-14-7-9-15(10-8-14)16-5-4-6-17(19)18(16)20/h4-10,13,21H,3,11-12H2,1-2H3. The van der Waals surface area contributed by atoms with Crippen molar-refractivity contribution >= 4 is 23.2 Å². The molecule has 0 amide bonds. The first-order valence-corrected chi connectivity index (χ1v) is 8.14. The van der Waals surface area contributed by atoms with Gasteiger partial charge in [0, 0.05) is 11.6 Å². The van der Waals surface area contributed by atoms with Crippen LogP contribution in [0.15, 0.2) is 42.5 Å². The Morgan fingerprint density at radius 1 is 1.05 bits per heavy atom. The average Bonchev–Trinajstić information content (AvgIpc) is 2.49. The molecule has 1 nitrogen and oxygen atoms in total. The van der Waals surface area contributed by atoms with Crippen molar-refractivity contribution in [3.8, 4) is 11.1 Å². The summed E-state index contributed by atoms with van der Waals surface area (Å²) in [7, 11) is 0. The summed E-state index contributed by atoms with van der Waals surface area (Å²) in [5.74, 6) is 0. The van der Waals surface area contributed by atoms with Crippen LogP contribution < -0.4 is 5.32 Å². The van der Waals surface area contributed by atoms with E-state index in [4.69, 9.17) is 23.2 Å². The molecule has 0 fully saturated rings. The molecule has 0 saturated carbocycles. The maximum Gasteiger partial charge on any atom is 0.0670 e. The van der Waals surface area contributed by atoms with Crippen LogP contribution in [0.5, 0.6) is 0 Å². The van der Waals surface area contributed by atoms with E-state index in [2.05, 4.69) is 43.4 Å². The van der Waals surface area contributed by atoms with Crippen LogP contribution in [0, 0.1) is 0 Å². The third-order valence-electron chi connectivity index (χ3n) is 3.50. The summed E-state index contributed by atoms with van der Waals surface area (Å²) in [6, 6.07) is 14.8. The molecular weight excluding hydrogens is 301 g/mol. The van der Waals surface area contributed by atoms with Crippen molar-refractivity contribution in [3.63, 3.8) is 0 Å². The predicted octanol–water partition coefficient (Wildman–Crippen LogP) is 5.59. The van der Waals surface area contributed by atoms with Gasteiger partial charge in [-0.2, -0.15) is 0 Å². The van der Waals surface area contributed by atoms with Crippen molar-refractivity contribution in [1.29, 1.82) is 0 Å². The largest absolute Gasteiger partial charge is 0.314 e. The van der Waals surface area contributed by atoms with Gasteiger partial charge >= 0.3 is 0 Å². The van der Waals surface area contributed by atoms with Crippen molar-refractivity contribution in [2.24, 2.45) is 0 Å². The predicted molar refractivity (Wildman–Crippen MR) is 93.4 cm³/mol. The minimum absolute atomic E-state index is 0.491. The molecule has 0 aliphatic carbocycles. The van der Waals surface area contributed by atoms with Gasteiger partial charge in [-0.15, -0.1) is 0 Å². The Hall–Kier alpha value is -1.02. The lowest BCUT2D eigenvalue weighted by Crippen LogP contribution is -2.28. The lowest BCUT2D eigenvalue weighted by atomic mass is 10.0. The van der Waals surface area contributed by atoms with E-state index < -0.39 is 0 Å². The maximum absolute atomic E-state index is 6.27. The van der Waals surface area contributed by atoms with Gasteiger partial charge < -0.3 is 5.32 Å². The SMILES string of the molecule is CCCNC(C)Cc1ccc(-c2cccc(Cl)c2Cl)cc1. The van der Waals surface area contributed by atoms with Crippen LogP contribution in [0.1, 0.15) is 25.8 Å². The first-order chi connectivity index (χ1) is 10.1. The van der Waals surface area contributed by atoms with Crippen LogP contribution in [-0.4, -0.2) is 12.6 Å². The number of halogens is 2. The van der Waals surface area contributed by atoms with E-state index in [1.165, 1.54) is 5.56 Å². The minimum Gasteiger partial charge on any atom is -0.314 e. The highest BCUT2D eigenvalue weighted by molar-refractivity contribution is 6.43.